The van der Waals surface area contributed by atoms with Crippen LogP contribution in [-0.2, 0) is 31.6 Å². The van der Waals surface area contributed by atoms with E-state index in [1.807, 2.05) is 5.92 Å². The van der Waals surface area contributed by atoms with Crippen LogP contribution >= 0.6 is 35.7 Å². The molecule has 1 aromatic rings. The molecule has 20 heteroatoms. The number of terminal acetylenes is 1. The monoisotopic (exact) mass is 539 g/mol. The van der Waals surface area contributed by atoms with Gasteiger partial charge in [0.1, 0.15) is 5.60 Å². The second-order valence-corrected chi connectivity index (χ2v) is 11.5. The lowest BCUT2D eigenvalue weighted by Gasteiger charge is -2.27. The summed E-state index contributed by atoms with van der Waals surface area (Å²) in [4.78, 5) is 39.3. The zero-order valence-corrected chi connectivity index (χ0v) is 18.8. The third-order valence-electron chi connectivity index (χ3n) is 4.53. The fraction of sp³-hybridized carbons (Fsp3) is 0.500. The van der Waals surface area contributed by atoms with Gasteiger partial charge in [-0.1, -0.05) is 5.92 Å². The van der Waals surface area contributed by atoms with E-state index in [9.17, 15) is 23.0 Å². The number of hydrogen-bond acceptors (Lipinski definition) is 10. The molecular weight excluding hydrogens is 525 g/mol. The highest BCUT2D eigenvalue weighted by atomic mass is 32.1. The molecule has 2 fully saturated rings. The number of phosphoric acid groups is 3. The summed E-state index contributed by atoms with van der Waals surface area (Å²) in [6, 6.07) is 0. The molecule has 1 aliphatic carbocycles. The summed E-state index contributed by atoms with van der Waals surface area (Å²) in [5.41, 5.74) is 1.05. The quantitative estimate of drug-likeness (QED) is 0.179. The van der Waals surface area contributed by atoms with Crippen LogP contribution in [0.25, 0.3) is 0 Å². The molecule has 14 nitrogen and oxygen atoms in total. The highest BCUT2D eigenvalue weighted by molar-refractivity contribution is 7.71. The molecule has 1 saturated carbocycles. The number of hydrogen-bond donors (Lipinski definition) is 5. The summed E-state index contributed by atoms with van der Waals surface area (Å²) < 4.78 is 80.9. The van der Waals surface area contributed by atoms with Crippen molar-refractivity contribution in [1.29, 1.82) is 0 Å². The molecule has 0 aromatic carbocycles. The molecule has 0 bridgehead atoms. The minimum Gasteiger partial charge on any atom is -0.381 e. The Balaban J connectivity index is 1.79. The molecule has 0 radical (unpaired) electrons. The van der Waals surface area contributed by atoms with Crippen LogP contribution in [0.3, 0.4) is 0 Å². The van der Waals surface area contributed by atoms with E-state index in [0.717, 1.165) is 4.57 Å². The summed E-state index contributed by atoms with van der Waals surface area (Å²) in [5, 5.41) is 0. The number of nitrogen functional groups attached to an aromatic ring is 1. The van der Waals surface area contributed by atoms with Crippen molar-refractivity contribution in [2.45, 2.75) is 23.9 Å². The molecule has 6 unspecified atom stereocenters. The zero-order valence-electron chi connectivity index (χ0n) is 15.3. The molecule has 6 atom stereocenters. The van der Waals surface area contributed by atoms with Crippen molar-refractivity contribution < 1.29 is 59.9 Å². The van der Waals surface area contributed by atoms with Crippen molar-refractivity contribution in [3.05, 3.63) is 16.8 Å². The van der Waals surface area contributed by atoms with Gasteiger partial charge in [0, 0.05) is 12.1 Å². The lowest BCUT2D eigenvalue weighted by Crippen LogP contribution is -2.34. The van der Waals surface area contributed by atoms with Crippen molar-refractivity contribution in [3.8, 4) is 12.3 Å². The van der Waals surface area contributed by atoms with E-state index in [1.54, 1.807) is 0 Å². The molecule has 3 rings (SSSR count). The molecule has 32 heavy (non-hydrogen) atoms. The number of anilines is 1. The Hall–Kier alpha value is -1.11. The third kappa shape index (κ3) is 5.02. The van der Waals surface area contributed by atoms with Gasteiger partial charge in [-0.25, -0.2) is 22.5 Å². The Morgan fingerprint density at radius 2 is 1.97 bits per heavy atom. The maximum Gasteiger partial charge on any atom is 0.490 e. The second-order valence-electron chi connectivity index (χ2n) is 6.73. The first-order valence-electron chi connectivity index (χ1n) is 8.11. The number of aromatic nitrogens is 2. The van der Waals surface area contributed by atoms with Gasteiger partial charge < -0.3 is 30.0 Å². The first-order valence-corrected chi connectivity index (χ1v) is 13.0. The average molecular weight is 539 g/mol. The van der Waals surface area contributed by atoms with E-state index in [1.165, 1.54) is 0 Å². The van der Waals surface area contributed by atoms with Gasteiger partial charge >= 0.3 is 23.5 Å². The SMILES string of the molecule is C#CC1(F)C(n2cc(F)c(N)nc2=S)OC2(COP(=O)(O)OP(=O)(O)OP(=O)(O)O)CC21. The van der Waals surface area contributed by atoms with E-state index < -0.39 is 65.1 Å². The normalized spacial score (nSPS) is 33.0. The first-order chi connectivity index (χ1) is 14.4. The Morgan fingerprint density at radius 1 is 1.34 bits per heavy atom. The number of ether oxygens (including phenoxy) is 1. The molecule has 1 aliphatic heterocycles. The zero-order chi connectivity index (χ0) is 24.3. The maximum atomic E-state index is 15.5. The number of halogens is 2. The molecule has 6 N–H and O–H groups in total. The largest absolute Gasteiger partial charge is 0.490 e. The number of fused-ring (bicyclic) bond motifs is 1. The fourth-order valence-corrected chi connectivity index (χ4v) is 6.50. The van der Waals surface area contributed by atoms with E-state index in [-0.39, 0.29) is 11.2 Å². The van der Waals surface area contributed by atoms with Gasteiger partial charge in [-0.05, 0) is 18.6 Å². The number of alkyl halides is 1. The summed E-state index contributed by atoms with van der Waals surface area (Å²) in [6.45, 7) is -0.927. The Labute approximate surface area is 182 Å². The Bertz CT molecular complexity index is 1200. The number of nitrogens with zero attached hydrogens (tertiary/aromatic N) is 2. The maximum absolute atomic E-state index is 15.5. The highest BCUT2D eigenvalue weighted by Crippen LogP contribution is 2.69. The minimum absolute atomic E-state index is 0.141. The molecule has 2 aliphatic rings. The summed E-state index contributed by atoms with van der Waals surface area (Å²) >= 11 is 4.92. The van der Waals surface area contributed by atoms with E-state index in [2.05, 4.69) is 18.1 Å². The van der Waals surface area contributed by atoms with Crippen molar-refractivity contribution >= 4 is 41.5 Å². The predicted octanol–water partition coefficient (Wildman–Crippen LogP) is 1.31. The molecule has 0 amide bonds. The summed E-state index contributed by atoms with van der Waals surface area (Å²) in [5.74, 6) is -0.866. The smallest absolute Gasteiger partial charge is 0.381 e. The minimum atomic E-state index is -5.74. The van der Waals surface area contributed by atoms with Crippen LogP contribution in [0.2, 0.25) is 0 Å². The number of phosphoric ester groups is 1. The number of nitrogens with two attached hydrogens (primary N) is 1. The van der Waals surface area contributed by atoms with Crippen LogP contribution in [0, 0.1) is 28.8 Å². The van der Waals surface area contributed by atoms with Crippen molar-refractivity contribution in [3.63, 3.8) is 0 Å². The van der Waals surface area contributed by atoms with E-state index in [4.69, 9.17) is 43.8 Å². The van der Waals surface area contributed by atoms with Gasteiger partial charge in [0.05, 0.1) is 6.61 Å². The van der Waals surface area contributed by atoms with Gasteiger partial charge in [0.25, 0.3) is 0 Å². The summed E-state index contributed by atoms with van der Waals surface area (Å²) in [6.07, 6.45) is 4.13. The van der Waals surface area contributed by atoms with Crippen LogP contribution < -0.4 is 5.73 Å². The standard InChI is InChI=1S/C12H14F2N3O11P3S/c1-2-12(14)7-3-11(7,26-9(12)17-4-6(13)8(15)16-10(17)32)5-25-30(21,22)28-31(23,24)27-29(18,19)20/h1,4,7,9H,3,5H2,(H,21,22)(H,23,24)(H2,15,16,32)(H2,18,19,20). The fourth-order valence-electron chi connectivity index (χ4n) is 3.17. The van der Waals surface area contributed by atoms with Crippen LogP contribution in [-0.4, -0.2) is 47.0 Å². The molecule has 178 valence electrons. The molecule has 0 spiro atoms. The lowest BCUT2D eigenvalue weighted by molar-refractivity contribution is -0.0909. The van der Waals surface area contributed by atoms with Crippen LogP contribution in [0.5, 0.6) is 0 Å². The van der Waals surface area contributed by atoms with Gasteiger partial charge in [-0.3, -0.25) is 9.09 Å². The Morgan fingerprint density at radius 3 is 2.53 bits per heavy atom. The molecular formula is C12H14F2N3O11P3S. The van der Waals surface area contributed by atoms with Crippen LogP contribution in [0.4, 0.5) is 14.6 Å². The van der Waals surface area contributed by atoms with Crippen LogP contribution in [0.1, 0.15) is 12.6 Å². The third-order valence-corrected chi connectivity index (χ3v) is 8.62. The first kappa shape index (κ1) is 25.5. The molecule has 1 saturated heterocycles. The van der Waals surface area contributed by atoms with Gasteiger partial charge in [-0.2, -0.15) is 13.6 Å². The van der Waals surface area contributed by atoms with Gasteiger partial charge in [0.2, 0.25) is 10.4 Å². The molecule has 1 aromatic heterocycles. The van der Waals surface area contributed by atoms with Gasteiger partial charge in [-0.15, -0.1) is 6.42 Å². The lowest BCUT2D eigenvalue weighted by atomic mass is 9.99. The average Bonchev–Trinajstić information content (AvgIpc) is 3.28. The predicted molar refractivity (Wildman–Crippen MR) is 101 cm³/mol. The van der Waals surface area contributed by atoms with E-state index in [0.29, 0.717) is 6.20 Å². The van der Waals surface area contributed by atoms with Crippen molar-refractivity contribution in [2.75, 3.05) is 12.3 Å². The van der Waals surface area contributed by atoms with Crippen molar-refractivity contribution in [2.24, 2.45) is 5.92 Å². The molecule has 2 heterocycles. The van der Waals surface area contributed by atoms with Crippen LogP contribution in [0.15, 0.2) is 6.20 Å². The summed E-state index contributed by atoms with van der Waals surface area (Å²) in [7, 11) is -16.8. The second kappa shape index (κ2) is 7.99. The topological polar surface area (TPSA) is 213 Å². The van der Waals surface area contributed by atoms with E-state index >= 15 is 4.39 Å². The Kier molecular flexibility index (Phi) is 6.37. The van der Waals surface area contributed by atoms with Gasteiger partial charge in [0.15, 0.2) is 17.9 Å². The van der Waals surface area contributed by atoms with Crippen molar-refractivity contribution in [1.82, 2.24) is 9.55 Å². The number of rotatable bonds is 8. The highest BCUT2D eigenvalue weighted by Gasteiger charge is 2.76.